The maximum Gasteiger partial charge on any atom is 0.211 e. The van der Waals surface area contributed by atoms with E-state index in [1.54, 1.807) is 0 Å². The molecule has 78 valence electrons. The van der Waals surface area contributed by atoms with Crippen LogP contribution >= 0.6 is 0 Å². The highest BCUT2D eigenvalue weighted by atomic mass is 32.2. The van der Waals surface area contributed by atoms with Gasteiger partial charge in [0.1, 0.15) is 0 Å². The van der Waals surface area contributed by atoms with E-state index in [0.717, 1.165) is 12.8 Å². The molecule has 0 aromatic rings. The van der Waals surface area contributed by atoms with Crippen molar-refractivity contribution in [2.24, 2.45) is 0 Å². The summed E-state index contributed by atoms with van der Waals surface area (Å²) in [6, 6.07) is 0. The van der Waals surface area contributed by atoms with Gasteiger partial charge in [-0.05, 0) is 12.8 Å². The van der Waals surface area contributed by atoms with E-state index in [-0.39, 0.29) is 6.10 Å². The van der Waals surface area contributed by atoms with E-state index in [4.69, 9.17) is 4.74 Å². The molecule has 0 aromatic heterocycles. The van der Waals surface area contributed by atoms with Crippen LogP contribution in [0.3, 0.4) is 0 Å². The molecule has 0 radical (unpaired) electrons. The molecule has 0 aromatic carbocycles. The van der Waals surface area contributed by atoms with Crippen molar-refractivity contribution in [2.75, 3.05) is 26.0 Å². The molecule has 1 saturated heterocycles. The van der Waals surface area contributed by atoms with E-state index in [1.807, 2.05) is 6.92 Å². The Labute approximate surface area is 79.9 Å². The smallest absolute Gasteiger partial charge is 0.211 e. The lowest BCUT2D eigenvalue weighted by Gasteiger charge is -2.20. The zero-order valence-electron chi connectivity index (χ0n) is 8.19. The standard InChI is InChI=1S/C8H17NO3S/c1-3-8-7-9(13(2,10)11)5-4-6-12-8/h8H,3-7H2,1-2H3. The minimum atomic E-state index is -3.04. The summed E-state index contributed by atoms with van der Waals surface area (Å²) < 4.78 is 29.5. The number of rotatable bonds is 2. The predicted molar refractivity (Wildman–Crippen MR) is 51.1 cm³/mol. The third-order valence-electron chi connectivity index (χ3n) is 2.24. The lowest BCUT2D eigenvalue weighted by atomic mass is 10.3. The summed E-state index contributed by atoms with van der Waals surface area (Å²) in [7, 11) is -3.04. The van der Waals surface area contributed by atoms with Gasteiger partial charge in [0.25, 0.3) is 0 Å². The molecule has 1 unspecified atom stereocenters. The van der Waals surface area contributed by atoms with E-state index in [2.05, 4.69) is 0 Å². The lowest BCUT2D eigenvalue weighted by Crippen LogP contribution is -2.35. The van der Waals surface area contributed by atoms with Gasteiger partial charge in [0.15, 0.2) is 0 Å². The first kappa shape index (κ1) is 10.9. The van der Waals surface area contributed by atoms with Crippen LogP contribution in [-0.4, -0.2) is 44.8 Å². The van der Waals surface area contributed by atoms with Crippen LogP contribution in [0.5, 0.6) is 0 Å². The minimum Gasteiger partial charge on any atom is -0.377 e. The van der Waals surface area contributed by atoms with Crippen LogP contribution in [0.15, 0.2) is 0 Å². The first-order valence-electron chi connectivity index (χ1n) is 4.60. The van der Waals surface area contributed by atoms with Crippen molar-refractivity contribution in [2.45, 2.75) is 25.9 Å². The highest BCUT2D eigenvalue weighted by Crippen LogP contribution is 2.11. The number of hydrogen-bond donors (Lipinski definition) is 0. The molecular weight excluding hydrogens is 190 g/mol. The van der Waals surface area contributed by atoms with E-state index in [9.17, 15) is 8.42 Å². The van der Waals surface area contributed by atoms with E-state index in [1.165, 1.54) is 10.6 Å². The Hall–Kier alpha value is -0.130. The summed E-state index contributed by atoms with van der Waals surface area (Å²) in [5.41, 5.74) is 0. The second-order valence-corrected chi connectivity index (χ2v) is 5.36. The second-order valence-electron chi connectivity index (χ2n) is 3.38. The number of hydrogen-bond acceptors (Lipinski definition) is 3. The second kappa shape index (κ2) is 4.39. The molecule has 0 saturated carbocycles. The average molecular weight is 207 g/mol. The summed E-state index contributed by atoms with van der Waals surface area (Å²) >= 11 is 0. The van der Waals surface area contributed by atoms with Crippen molar-refractivity contribution < 1.29 is 13.2 Å². The molecule has 4 nitrogen and oxygen atoms in total. The van der Waals surface area contributed by atoms with Crippen molar-refractivity contribution in [3.05, 3.63) is 0 Å². The van der Waals surface area contributed by atoms with Crippen LogP contribution in [0.1, 0.15) is 19.8 Å². The van der Waals surface area contributed by atoms with Crippen LogP contribution in [0.4, 0.5) is 0 Å². The zero-order valence-corrected chi connectivity index (χ0v) is 9.01. The summed E-state index contributed by atoms with van der Waals surface area (Å²) in [6.45, 7) is 3.78. The van der Waals surface area contributed by atoms with Crippen LogP contribution in [0.2, 0.25) is 0 Å². The molecule has 0 amide bonds. The van der Waals surface area contributed by atoms with Crippen LogP contribution in [0, 0.1) is 0 Å². The molecule has 1 heterocycles. The highest BCUT2D eigenvalue weighted by molar-refractivity contribution is 7.88. The molecule has 0 N–H and O–H groups in total. The van der Waals surface area contributed by atoms with Crippen molar-refractivity contribution >= 4 is 10.0 Å². The molecule has 1 fully saturated rings. The van der Waals surface area contributed by atoms with Gasteiger partial charge in [0, 0.05) is 19.7 Å². The first-order chi connectivity index (χ1) is 6.04. The van der Waals surface area contributed by atoms with Crippen molar-refractivity contribution in [3.8, 4) is 0 Å². The van der Waals surface area contributed by atoms with Gasteiger partial charge in [-0.2, -0.15) is 4.31 Å². The Morgan fingerprint density at radius 1 is 1.54 bits per heavy atom. The number of nitrogens with zero attached hydrogens (tertiary/aromatic N) is 1. The van der Waals surface area contributed by atoms with E-state index >= 15 is 0 Å². The molecule has 5 heteroatoms. The van der Waals surface area contributed by atoms with E-state index in [0.29, 0.717) is 19.7 Å². The van der Waals surface area contributed by atoms with Gasteiger partial charge in [-0.25, -0.2) is 8.42 Å². The molecule has 0 bridgehead atoms. The molecule has 1 rings (SSSR count). The van der Waals surface area contributed by atoms with Gasteiger partial charge < -0.3 is 4.74 Å². The monoisotopic (exact) mass is 207 g/mol. The van der Waals surface area contributed by atoms with Gasteiger partial charge >= 0.3 is 0 Å². The Balaban J connectivity index is 2.65. The molecule has 0 aliphatic carbocycles. The normalized spacial score (nSPS) is 27.1. The largest absolute Gasteiger partial charge is 0.377 e. The van der Waals surface area contributed by atoms with Crippen molar-refractivity contribution in [1.29, 1.82) is 0 Å². The molecule has 13 heavy (non-hydrogen) atoms. The SMILES string of the molecule is CCC1CN(S(C)(=O)=O)CCCO1. The number of sulfonamides is 1. The fourth-order valence-corrected chi connectivity index (χ4v) is 2.31. The topological polar surface area (TPSA) is 46.6 Å². The minimum absolute atomic E-state index is 0.0669. The Bertz CT molecular complexity index is 250. The summed E-state index contributed by atoms with van der Waals surface area (Å²) in [6.07, 6.45) is 2.98. The quantitative estimate of drug-likeness (QED) is 0.660. The Morgan fingerprint density at radius 2 is 2.23 bits per heavy atom. The molecular formula is C8H17NO3S. The predicted octanol–water partition coefficient (Wildman–Crippen LogP) is 0.447. The first-order valence-corrected chi connectivity index (χ1v) is 6.45. The summed E-state index contributed by atoms with van der Waals surface area (Å²) in [4.78, 5) is 0. The van der Waals surface area contributed by atoms with Gasteiger partial charge in [-0.1, -0.05) is 6.92 Å². The van der Waals surface area contributed by atoms with E-state index < -0.39 is 10.0 Å². The maximum absolute atomic E-state index is 11.3. The number of ether oxygens (including phenoxy) is 1. The highest BCUT2D eigenvalue weighted by Gasteiger charge is 2.23. The summed E-state index contributed by atoms with van der Waals surface area (Å²) in [5.74, 6) is 0. The molecule has 1 aliphatic heterocycles. The van der Waals surface area contributed by atoms with Crippen LogP contribution < -0.4 is 0 Å². The fraction of sp³-hybridized carbons (Fsp3) is 1.00. The van der Waals surface area contributed by atoms with Gasteiger partial charge in [-0.3, -0.25) is 0 Å². The van der Waals surface area contributed by atoms with Gasteiger partial charge in [-0.15, -0.1) is 0 Å². The van der Waals surface area contributed by atoms with Crippen LogP contribution in [-0.2, 0) is 14.8 Å². The van der Waals surface area contributed by atoms with Gasteiger partial charge in [0.05, 0.1) is 12.4 Å². The maximum atomic E-state index is 11.3. The Kier molecular flexibility index (Phi) is 3.70. The van der Waals surface area contributed by atoms with Crippen molar-refractivity contribution in [3.63, 3.8) is 0 Å². The van der Waals surface area contributed by atoms with Gasteiger partial charge in [0.2, 0.25) is 10.0 Å². The van der Waals surface area contributed by atoms with Crippen LogP contribution in [0.25, 0.3) is 0 Å². The van der Waals surface area contributed by atoms with Crippen molar-refractivity contribution in [1.82, 2.24) is 4.31 Å². The average Bonchev–Trinajstić information content (AvgIpc) is 2.27. The molecule has 1 atom stereocenters. The fourth-order valence-electron chi connectivity index (χ4n) is 1.41. The molecule has 0 spiro atoms. The summed E-state index contributed by atoms with van der Waals surface area (Å²) in [5, 5.41) is 0. The zero-order chi connectivity index (χ0) is 9.90. The third kappa shape index (κ3) is 3.25. The molecule has 1 aliphatic rings. The lowest BCUT2D eigenvalue weighted by molar-refractivity contribution is 0.0593. The third-order valence-corrected chi connectivity index (χ3v) is 3.51. The Morgan fingerprint density at radius 3 is 2.77 bits per heavy atom.